The number of hydrogen-bond acceptors (Lipinski definition) is 5. The van der Waals surface area contributed by atoms with E-state index in [1.807, 2.05) is 4.90 Å². The number of carbonyl (C=O) groups excluding carboxylic acids is 2. The number of nitrogens with one attached hydrogen (secondary N) is 3. The highest BCUT2D eigenvalue weighted by Gasteiger charge is 2.35. The van der Waals surface area contributed by atoms with Crippen LogP contribution in [0.4, 0.5) is 21.8 Å². The Bertz CT molecular complexity index is 984. The molecule has 0 radical (unpaired) electrons. The van der Waals surface area contributed by atoms with Crippen LogP contribution in [0.3, 0.4) is 0 Å². The van der Waals surface area contributed by atoms with E-state index in [2.05, 4.69) is 20.6 Å². The first-order valence-electron chi connectivity index (χ1n) is 9.27. The lowest BCUT2D eigenvalue weighted by Crippen LogP contribution is -2.38. The Morgan fingerprint density at radius 2 is 2.00 bits per heavy atom. The minimum Gasteiger partial charge on any atom is -0.342 e. The molecular weight excluding hydrogens is 365 g/mol. The van der Waals surface area contributed by atoms with Gasteiger partial charge in [0.2, 0.25) is 17.8 Å². The van der Waals surface area contributed by atoms with Crippen LogP contribution in [0.25, 0.3) is 0 Å². The molecule has 1 aromatic heterocycles. The van der Waals surface area contributed by atoms with E-state index in [0.717, 1.165) is 32.4 Å². The molecule has 2 aliphatic heterocycles. The van der Waals surface area contributed by atoms with E-state index in [4.69, 9.17) is 0 Å². The Kier molecular flexibility index (Phi) is 4.81. The highest BCUT2D eigenvalue weighted by Crippen LogP contribution is 2.30. The second kappa shape index (κ2) is 7.41. The third kappa shape index (κ3) is 3.60. The molecule has 4 rings (SSSR count). The molecule has 0 spiro atoms. The topological polar surface area (TPSA) is 107 Å². The quantitative estimate of drug-likeness (QED) is 0.749. The van der Waals surface area contributed by atoms with E-state index in [0.29, 0.717) is 5.95 Å². The average molecular weight is 385 g/mol. The van der Waals surface area contributed by atoms with Crippen molar-refractivity contribution in [3.05, 3.63) is 46.0 Å². The Labute approximate surface area is 160 Å². The van der Waals surface area contributed by atoms with Crippen molar-refractivity contribution in [1.29, 1.82) is 0 Å². The van der Waals surface area contributed by atoms with Crippen molar-refractivity contribution in [2.24, 2.45) is 0 Å². The number of anilines is 3. The minimum atomic E-state index is -1.00. The number of aromatic amines is 1. The molecule has 0 bridgehead atoms. The fourth-order valence-electron chi connectivity index (χ4n) is 3.63. The summed E-state index contributed by atoms with van der Waals surface area (Å²) in [4.78, 5) is 46.7. The van der Waals surface area contributed by atoms with Gasteiger partial charge < -0.3 is 15.5 Å². The van der Waals surface area contributed by atoms with Gasteiger partial charge in [-0.2, -0.15) is 4.98 Å². The number of fused-ring (bicyclic) bond motifs is 1. The molecular formula is C19H20FN5O3. The Morgan fingerprint density at radius 1 is 1.21 bits per heavy atom. The van der Waals surface area contributed by atoms with Crippen LogP contribution in [0.5, 0.6) is 0 Å². The smallest absolute Gasteiger partial charge is 0.258 e. The summed E-state index contributed by atoms with van der Waals surface area (Å²) >= 11 is 0. The average Bonchev–Trinajstić information content (AvgIpc) is 2.67. The Hall–Kier alpha value is -3.23. The maximum Gasteiger partial charge on any atom is 0.258 e. The molecule has 28 heavy (non-hydrogen) atoms. The number of amides is 2. The molecule has 2 amide bonds. The zero-order valence-corrected chi connectivity index (χ0v) is 15.1. The molecule has 3 N–H and O–H groups in total. The summed E-state index contributed by atoms with van der Waals surface area (Å²) in [7, 11) is 0. The van der Waals surface area contributed by atoms with Gasteiger partial charge >= 0.3 is 0 Å². The van der Waals surface area contributed by atoms with Crippen LogP contribution >= 0.6 is 0 Å². The number of carbonyl (C=O) groups is 2. The normalized spacial score (nSPS) is 19.0. The number of benzene rings is 1. The van der Waals surface area contributed by atoms with Gasteiger partial charge in [-0.25, -0.2) is 4.39 Å². The van der Waals surface area contributed by atoms with E-state index >= 15 is 0 Å². The Morgan fingerprint density at radius 3 is 2.75 bits per heavy atom. The lowest BCUT2D eigenvalue weighted by molar-refractivity contribution is -0.123. The van der Waals surface area contributed by atoms with Crippen molar-refractivity contribution in [1.82, 2.24) is 9.97 Å². The predicted molar refractivity (Wildman–Crippen MR) is 102 cm³/mol. The molecule has 0 aliphatic carbocycles. The van der Waals surface area contributed by atoms with Crippen LogP contribution in [0, 0.1) is 5.82 Å². The number of halogens is 1. The lowest BCUT2D eigenvalue weighted by atomic mass is 9.92. The summed E-state index contributed by atoms with van der Waals surface area (Å²) in [6.07, 6.45) is 2.96. The van der Waals surface area contributed by atoms with Gasteiger partial charge in [-0.05, 0) is 37.5 Å². The van der Waals surface area contributed by atoms with Gasteiger partial charge in [-0.15, -0.1) is 0 Å². The van der Waals surface area contributed by atoms with Gasteiger partial charge in [0, 0.05) is 25.2 Å². The molecule has 0 saturated carbocycles. The van der Waals surface area contributed by atoms with Crippen molar-refractivity contribution >= 4 is 29.3 Å². The maximum absolute atomic E-state index is 13.4. The molecule has 1 saturated heterocycles. The number of H-pyrrole nitrogens is 1. The molecule has 1 unspecified atom stereocenters. The predicted octanol–water partition coefficient (Wildman–Crippen LogP) is 1.96. The highest BCUT2D eigenvalue weighted by molar-refractivity contribution is 6.04. The van der Waals surface area contributed by atoms with Crippen LogP contribution in [-0.4, -0.2) is 34.9 Å². The zero-order chi connectivity index (χ0) is 19.7. The third-order valence-electron chi connectivity index (χ3n) is 5.00. The van der Waals surface area contributed by atoms with Gasteiger partial charge in [-0.1, -0.05) is 6.07 Å². The molecule has 2 aromatic rings. The number of aromatic nitrogens is 2. The molecule has 146 valence electrons. The number of rotatable bonds is 3. The fraction of sp³-hybridized carbons (Fsp3) is 0.368. The van der Waals surface area contributed by atoms with Gasteiger partial charge in [0.15, 0.2) is 0 Å². The standard InChI is InChI=1S/C19H20FN5O3/c20-11-5-4-6-12(9-11)21-17(27)13-10-14(26)22-16-15(13)18(28)24-19(23-16)25-7-2-1-3-8-25/h4-6,9,13H,1-3,7-8,10H2,(H,21,27)(H2,22,23,24,26,28). The summed E-state index contributed by atoms with van der Waals surface area (Å²) in [5, 5.41) is 5.17. The summed E-state index contributed by atoms with van der Waals surface area (Å²) in [5.74, 6) is -1.94. The van der Waals surface area contributed by atoms with Crippen molar-refractivity contribution < 1.29 is 14.0 Å². The second-order valence-corrected chi connectivity index (χ2v) is 7.00. The monoisotopic (exact) mass is 385 g/mol. The highest BCUT2D eigenvalue weighted by atomic mass is 19.1. The number of nitrogens with zero attached hydrogens (tertiary/aromatic N) is 2. The SMILES string of the molecule is O=C1CC(C(=O)Nc2cccc(F)c2)c2c(nc(N3CCCCC3)[nH]c2=O)N1. The minimum absolute atomic E-state index is 0.111. The van der Waals surface area contributed by atoms with Gasteiger partial charge in [0.25, 0.3) is 5.56 Å². The lowest BCUT2D eigenvalue weighted by Gasteiger charge is -2.29. The van der Waals surface area contributed by atoms with E-state index in [-0.39, 0.29) is 23.5 Å². The number of piperidine rings is 1. The molecule has 1 fully saturated rings. The third-order valence-corrected chi connectivity index (χ3v) is 5.00. The summed E-state index contributed by atoms with van der Waals surface area (Å²) in [5.41, 5.74) is -0.0777. The van der Waals surface area contributed by atoms with Crippen LogP contribution in [0.15, 0.2) is 29.1 Å². The zero-order valence-electron chi connectivity index (χ0n) is 15.1. The van der Waals surface area contributed by atoms with E-state index in [9.17, 15) is 18.8 Å². The first-order valence-corrected chi connectivity index (χ1v) is 9.27. The van der Waals surface area contributed by atoms with Gasteiger partial charge in [0.1, 0.15) is 11.6 Å². The largest absolute Gasteiger partial charge is 0.342 e. The van der Waals surface area contributed by atoms with E-state index in [1.54, 1.807) is 0 Å². The first-order chi connectivity index (χ1) is 13.5. The van der Waals surface area contributed by atoms with Crippen molar-refractivity contribution in [2.45, 2.75) is 31.6 Å². The number of hydrogen-bond donors (Lipinski definition) is 3. The summed E-state index contributed by atoms with van der Waals surface area (Å²) in [6, 6.07) is 5.43. The molecule has 1 aromatic carbocycles. The van der Waals surface area contributed by atoms with Gasteiger partial charge in [0.05, 0.1) is 11.5 Å². The van der Waals surface area contributed by atoms with Crippen molar-refractivity contribution in [3.63, 3.8) is 0 Å². The summed E-state index contributed by atoms with van der Waals surface area (Å²) in [6.45, 7) is 1.55. The van der Waals surface area contributed by atoms with Crippen molar-refractivity contribution in [2.75, 3.05) is 28.6 Å². The van der Waals surface area contributed by atoms with E-state index < -0.39 is 29.1 Å². The fourth-order valence-corrected chi connectivity index (χ4v) is 3.63. The van der Waals surface area contributed by atoms with Crippen molar-refractivity contribution in [3.8, 4) is 0 Å². The van der Waals surface area contributed by atoms with Crippen LogP contribution in [-0.2, 0) is 9.59 Å². The first kappa shape index (κ1) is 18.1. The summed E-state index contributed by atoms with van der Waals surface area (Å²) < 4.78 is 13.4. The van der Waals surface area contributed by atoms with E-state index in [1.165, 1.54) is 24.3 Å². The van der Waals surface area contributed by atoms with Crippen LogP contribution in [0.2, 0.25) is 0 Å². The van der Waals surface area contributed by atoms with Crippen LogP contribution < -0.4 is 21.1 Å². The van der Waals surface area contributed by atoms with Gasteiger partial charge in [-0.3, -0.25) is 19.4 Å². The second-order valence-electron chi connectivity index (χ2n) is 7.00. The molecule has 3 heterocycles. The molecule has 9 heteroatoms. The molecule has 1 atom stereocenters. The molecule has 8 nitrogen and oxygen atoms in total. The van der Waals surface area contributed by atoms with Crippen LogP contribution in [0.1, 0.15) is 37.2 Å². The maximum atomic E-state index is 13.4. The Balaban J connectivity index is 1.65. The molecule has 2 aliphatic rings.